The molecule has 2 rings (SSSR count). The number of nitrogens with one attached hydrogen (secondary N) is 1. The van der Waals surface area contributed by atoms with Gasteiger partial charge in [0.1, 0.15) is 0 Å². The number of rotatable bonds is 6. The highest BCUT2D eigenvalue weighted by Crippen LogP contribution is 2.14. The van der Waals surface area contributed by atoms with Crippen molar-refractivity contribution in [2.45, 2.75) is 18.9 Å². The van der Waals surface area contributed by atoms with E-state index in [4.69, 9.17) is 4.74 Å². The van der Waals surface area contributed by atoms with E-state index in [-0.39, 0.29) is 12.3 Å². The van der Waals surface area contributed by atoms with Gasteiger partial charge >= 0.3 is 5.97 Å². The zero-order valence-corrected chi connectivity index (χ0v) is 12.4. The maximum Gasteiger partial charge on any atom is 0.333 e. The van der Waals surface area contributed by atoms with Crippen molar-refractivity contribution < 1.29 is 14.3 Å². The Morgan fingerprint density at radius 3 is 2.50 bits per heavy atom. The Morgan fingerprint density at radius 2 is 1.86 bits per heavy atom. The first kappa shape index (κ1) is 15.7. The Morgan fingerprint density at radius 1 is 1.14 bits per heavy atom. The highest BCUT2D eigenvalue weighted by molar-refractivity contribution is 5.85. The minimum absolute atomic E-state index is 0.218. The Hall–Kier alpha value is -2.69. The number of benzene rings is 1. The van der Waals surface area contributed by atoms with Gasteiger partial charge in [-0.05, 0) is 24.1 Å². The Balaban J connectivity index is 1.98. The first-order valence-corrected chi connectivity index (χ1v) is 7.02. The molecule has 1 heterocycles. The second-order valence-electron chi connectivity index (χ2n) is 4.76. The molecule has 0 saturated heterocycles. The molecule has 5 heteroatoms. The number of nitrogens with zero attached hydrogens (tertiary/aromatic N) is 1. The summed E-state index contributed by atoms with van der Waals surface area (Å²) in [6.45, 7) is 0. The number of aryl methyl sites for hydroxylation is 1. The van der Waals surface area contributed by atoms with E-state index in [2.05, 4.69) is 10.3 Å². The fourth-order valence-corrected chi connectivity index (χ4v) is 2.06. The van der Waals surface area contributed by atoms with Crippen LogP contribution in [0.4, 0.5) is 0 Å². The van der Waals surface area contributed by atoms with Crippen molar-refractivity contribution in [3.8, 4) is 0 Å². The lowest BCUT2D eigenvalue weighted by atomic mass is 10.1. The Bertz CT molecular complexity index is 614. The van der Waals surface area contributed by atoms with E-state index >= 15 is 0 Å². The van der Waals surface area contributed by atoms with Gasteiger partial charge in [-0.15, -0.1) is 0 Å². The summed E-state index contributed by atoms with van der Waals surface area (Å²) < 4.78 is 4.76. The second-order valence-corrected chi connectivity index (χ2v) is 4.76. The minimum atomic E-state index is -0.789. The summed E-state index contributed by atoms with van der Waals surface area (Å²) in [5.74, 6) is -0.706. The van der Waals surface area contributed by atoms with Crippen LogP contribution in [0.2, 0.25) is 0 Å². The minimum Gasteiger partial charge on any atom is -0.467 e. The third-order valence-corrected chi connectivity index (χ3v) is 3.21. The summed E-state index contributed by atoms with van der Waals surface area (Å²) in [6, 6.07) is 13.8. The summed E-state index contributed by atoms with van der Waals surface area (Å²) >= 11 is 0. The molecule has 1 N–H and O–H groups in total. The molecular formula is C17H18N2O3. The van der Waals surface area contributed by atoms with Crippen molar-refractivity contribution in [3.63, 3.8) is 0 Å². The summed E-state index contributed by atoms with van der Waals surface area (Å²) in [5, 5.41) is 2.71. The summed E-state index contributed by atoms with van der Waals surface area (Å²) in [4.78, 5) is 28.1. The molecule has 22 heavy (non-hydrogen) atoms. The SMILES string of the molecule is COC(=O)C(NC(=O)CCc1ccccn1)c1ccccc1. The van der Waals surface area contributed by atoms with E-state index in [9.17, 15) is 9.59 Å². The van der Waals surface area contributed by atoms with Gasteiger partial charge in [-0.3, -0.25) is 9.78 Å². The first-order chi connectivity index (χ1) is 10.7. The van der Waals surface area contributed by atoms with Gasteiger partial charge in [0, 0.05) is 18.3 Å². The number of aromatic nitrogens is 1. The van der Waals surface area contributed by atoms with Gasteiger partial charge in [-0.25, -0.2) is 4.79 Å². The maximum absolute atomic E-state index is 12.1. The average Bonchev–Trinajstić information content (AvgIpc) is 2.59. The molecule has 0 fully saturated rings. The van der Waals surface area contributed by atoms with E-state index in [1.54, 1.807) is 18.3 Å². The van der Waals surface area contributed by atoms with Crippen molar-refractivity contribution in [3.05, 3.63) is 66.0 Å². The number of pyridine rings is 1. The molecule has 1 amide bonds. The van der Waals surface area contributed by atoms with Gasteiger partial charge in [0.05, 0.1) is 7.11 Å². The fourth-order valence-electron chi connectivity index (χ4n) is 2.06. The normalized spacial score (nSPS) is 11.5. The lowest BCUT2D eigenvalue weighted by molar-refractivity contribution is -0.145. The molecule has 0 aliphatic carbocycles. The third-order valence-electron chi connectivity index (χ3n) is 3.21. The molecule has 0 bridgehead atoms. The topological polar surface area (TPSA) is 68.3 Å². The van der Waals surface area contributed by atoms with Crippen LogP contribution < -0.4 is 5.32 Å². The van der Waals surface area contributed by atoms with Crippen LogP contribution in [0.25, 0.3) is 0 Å². The van der Waals surface area contributed by atoms with E-state index in [0.29, 0.717) is 12.0 Å². The van der Waals surface area contributed by atoms with E-state index in [0.717, 1.165) is 5.69 Å². The number of carbonyl (C=O) groups is 2. The monoisotopic (exact) mass is 298 g/mol. The second kappa shape index (κ2) is 7.93. The Labute approximate surface area is 129 Å². The van der Waals surface area contributed by atoms with Crippen LogP contribution in [0.1, 0.15) is 23.7 Å². The molecule has 0 spiro atoms. The predicted molar refractivity (Wildman–Crippen MR) is 81.9 cm³/mol. The number of methoxy groups -OCH3 is 1. The maximum atomic E-state index is 12.1. The van der Waals surface area contributed by atoms with E-state index in [1.165, 1.54) is 7.11 Å². The van der Waals surface area contributed by atoms with Gasteiger partial charge in [0.25, 0.3) is 0 Å². The number of carbonyl (C=O) groups excluding carboxylic acids is 2. The molecule has 1 unspecified atom stereocenters. The number of amides is 1. The fraction of sp³-hybridized carbons (Fsp3) is 0.235. The van der Waals surface area contributed by atoms with Crippen LogP contribution in [0.15, 0.2) is 54.7 Å². The summed E-state index contributed by atoms with van der Waals surface area (Å²) in [6.07, 6.45) is 2.47. The largest absolute Gasteiger partial charge is 0.467 e. The molecule has 1 aromatic heterocycles. The zero-order valence-electron chi connectivity index (χ0n) is 12.4. The lowest BCUT2D eigenvalue weighted by Gasteiger charge is -2.16. The van der Waals surface area contributed by atoms with Gasteiger partial charge in [0.2, 0.25) is 5.91 Å². The summed E-state index contributed by atoms with van der Waals surface area (Å²) in [7, 11) is 1.30. The van der Waals surface area contributed by atoms with Crippen molar-refractivity contribution >= 4 is 11.9 Å². The number of esters is 1. The molecule has 5 nitrogen and oxygen atoms in total. The summed E-state index contributed by atoms with van der Waals surface area (Å²) in [5.41, 5.74) is 1.53. The van der Waals surface area contributed by atoms with Gasteiger partial charge in [-0.2, -0.15) is 0 Å². The molecule has 0 saturated carbocycles. The Kier molecular flexibility index (Phi) is 5.65. The smallest absolute Gasteiger partial charge is 0.333 e. The van der Waals surface area contributed by atoms with Gasteiger partial charge in [0.15, 0.2) is 6.04 Å². The molecule has 1 atom stereocenters. The molecule has 0 radical (unpaired) electrons. The van der Waals surface area contributed by atoms with Crippen molar-refractivity contribution in [1.29, 1.82) is 0 Å². The lowest BCUT2D eigenvalue weighted by Crippen LogP contribution is -2.34. The van der Waals surface area contributed by atoms with Crippen LogP contribution in [-0.2, 0) is 20.7 Å². The number of hydrogen-bond acceptors (Lipinski definition) is 4. The number of ether oxygens (including phenoxy) is 1. The number of hydrogen-bond donors (Lipinski definition) is 1. The van der Waals surface area contributed by atoms with E-state index in [1.807, 2.05) is 36.4 Å². The van der Waals surface area contributed by atoms with Gasteiger partial charge < -0.3 is 10.1 Å². The standard InChI is InChI=1S/C17H18N2O3/c1-22-17(21)16(13-7-3-2-4-8-13)19-15(20)11-10-14-9-5-6-12-18-14/h2-9,12,16H,10-11H2,1H3,(H,19,20). The molecule has 2 aromatic rings. The van der Waals surface area contributed by atoms with Crippen LogP contribution >= 0.6 is 0 Å². The quantitative estimate of drug-likeness (QED) is 0.829. The molecular weight excluding hydrogens is 280 g/mol. The highest BCUT2D eigenvalue weighted by Gasteiger charge is 2.23. The zero-order chi connectivity index (χ0) is 15.8. The van der Waals surface area contributed by atoms with Crippen molar-refractivity contribution in [2.24, 2.45) is 0 Å². The van der Waals surface area contributed by atoms with Crippen LogP contribution in [0.5, 0.6) is 0 Å². The molecule has 0 aliphatic rings. The van der Waals surface area contributed by atoms with Crippen LogP contribution in [0, 0.1) is 0 Å². The van der Waals surface area contributed by atoms with E-state index < -0.39 is 12.0 Å². The molecule has 114 valence electrons. The first-order valence-electron chi connectivity index (χ1n) is 7.02. The van der Waals surface area contributed by atoms with Crippen LogP contribution in [-0.4, -0.2) is 24.0 Å². The molecule has 0 aliphatic heterocycles. The van der Waals surface area contributed by atoms with Gasteiger partial charge in [-0.1, -0.05) is 36.4 Å². The highest BCUT2D eigenvalue weighted by atomic mass is 16.5. The average molecular weight is 298 g/mol. The molecule has 1 aromatic carbocycles. The van der Waals surface area contributed by atoms with Crippen LogP contribution in [0.3, 0.4) is 0 Å². The van der Waals surface area contributed by atoms with Crippen molar-refractivity contribution in [2.75, 3.05) is 7.11 Å². The van der Waals surface area contributed by atoms with Crippen molar-refractivity contribution in [1.82, 2.24) is 10.3 Å². The third kappa shape index (κ3) is 4.41. The predicted octanol–water partition coefficient (Wildman–Crippen LogP) is 2.04.